The molecule has 3 rings (SSSR count). The van der Waals surface area contributed by atoms with Gasteiger partial charge in [0.25, 0.3) is 0 Å². The van der Waals surface area contributed by atoms with Crippen LogP contribution in [-0.2, 0) is 13.0 Å². The van der Waals surface area contributed by atoms with Gasteiger partial charge in [0.2, 0.25) is 0 Å². The highest BCUT2D eigenvalue weighted by Gasteiger charge is 2.35. The standard InChI is InChI=1S/C15H16Cl2N2OS/c1-8-18-6-10(21-8)7-19(2)15-12-3-9(16)4-13(17)11(12)5-14(15)20/h3-4,6,14-15,20H,5,7H2,1-2H3/t14-,15+/m1/s1. The van der Waals surface area contributed by atoms with Crippen LogP contribution in [0.4, 0.5) is 0 Å². The number of likely N-dealkylation sites (N-methyl/N-ethyl adjacent to an activating group) is 1. The Morgan fingerprint density at radius 2 is 2.19 bits per heavy atom. The van der Waals surface area contributed by atoms with Crippen LogP contribution in [0.1, 0.15) is 27.1 Å². The summed E-state index contributed by atoms with van der Waals surface area (Å²) in [4.78, 5) is 7.59. The van der Waals surface area contributed by atoms with Gasteiger partial charge >= 0.3 is 0 Å². The smallest absolute Gasteiger partial charge is 0.0897 e. The quantitative estimate of drug-likeness (QED) is 0.920. The summed E-state index contributed by atoms with van der Waals surface area (Å²) in [5.74, 6) is 0. The van der Waals surface area contributed by atoms with Gasteiger partial charge in [-0.15, -0.1) is 11.3 Å². The van der Waals surface area contributed by atoms with Crippen molar-refractivity contribution in [2.45, 2.75) is 32.0 Å². The summed E-state index contributed by atoms with van der Waals surface area (Å²) in [5.41, 5.74) is 2.04. The Hall–Kier alpha value is -0.650. The Balaban J connectivity index is 1.89. The lowest BCUT2D eigenvalue weighted by atomic mass is 10.1. The van der Waals surface area contributed by atoms with Gasteiger partial charge in [-0.3, -0.25) is 4.90 Å². The maximum Gasteiger partial charge on any atom is 0.0897 e. The fraction of sp³-hybridized carbons (Fsp3) is 0.400. The van der Waals surface area contributed by atoms with E-state index in [0.29, 0.717) is 16.5 Å². The molecule has 21 heavy (non-hydrogen) atoms. The zero-order chi connectivity index (χ0) is 15.1. The van der Waals surface area contributed by atoms with Crippen LogP contribution in [-0.4, -0.2) is 28.1 Å². The second-order valence-corrected chi connectivity index (χ2v) is 7.60. The second-order valence-electron chi connectivity index (χ2n) is 5.43. The van der Waals surface area contributed by atoms with Crippen molar-refractivity contribution in [1.82, 2.24) is 9.88 Å². The minimum absolute atomic E-state index is 0.0846. The molecule has 1 heterocycles. The van der Waals surface area contributed by atoms with E-state index < -0.39 is 6.10 Å². The van der Waals surface area contributed by atoms with Gasteiger partial charge in [0.05, 0.1) is 17.2 Å². The maximum absolute atomic E-state index is 10.4. The lowest BCUT2D eigenvalue weighted by Crippen LogP contribution is -2.30. The third-order valence-electron chi connectivity index (χ3n) is 3.84. The number of nitrogens with zero attached hydrogens (tertiary/aromatic N) is 2. The molecule has 0 spiro atoms. The predicted molar refractivity (Wildman–Crippen MR) is 87.2 cm³/mol. The SMILES string of the molecule is Cc1ncc(CN(C)[C@H]2c3cc(Cl)cc(Cl)c3C[C@H]2O)s1. The number of aryl methyl sites for hydroxylation is 1. The molecular weight excluding hydrogens is 327 g/mol. The Bertz CT molecular complexity index is 674. The fourth-order valence-electron chi connectivity index (χ4n) is 2.98. The Labute approximate surface area is 138 Å². The molecule has 112 valence electrons. The number of halogens is 2. The minimum atomic E-state index is -0.463. The van der Waals surface area contributed by atoms with E-state index in [4.69, 9.17) is 23.2 Å². The molecule has 1 aromatic heterocycles. The first-order chi connectivity index (χ1) is 9.95. The predicted octanol–water partition coefficient (Wildman–Crippen LogP) is 3.85. The third kappa shape index (κ3) is 2.96. The molecule has 0 bridgehead atoms. The van der Waals surface area contributed by atoms with Crippen LogP contribution in [0, 0.1) is 6.92 Å². The number of aliphatic hydroxyl groups excluding tert-OH is 1. The Morgan fingerprint density at radius 1 is 1.43 bits per heavy atom. The summed E-state index contributed by atoms with van der Waals surface area (Å²) in [7, 11) is 2.01. The zero-order valence-corrected chi connectivity index (χ0v) is 14.1. The van der Waals surface area contributed by atoms with Gasteiger partial charge in [-0.05, 0) is 37.2 Å². The second kappa shape index (κ2) is 5.86. The summed E-state index contributed by atoms with van der Waals surface area (Å²) >= 11 is 14.0. The Morgan fingerprint density at radius 3 is 2.86 bits per heavy atom. The van der Waals surface area contributed by atoms with E-state index in [0.717, 1.165) is 22.7 Å². The molecule has 1 aliphatic carbocycles. The van der Waals surface area contributed by atoms with Crippen LogP contribution in [0.15, 0.2) is 18.3 Å². The zero-order valence-electron chi connectivity index (χ0n) is 11.8. The molecule has 0 saturated carbocycles. The van der Waals surface area contributed by atoms with Crippen LogP contribution >= 0.6 is 34.5 Å². The lowest BCUT2D eigenvalue weighted by Gasteiger charge is -2.27. The van der Waals surface area contributed by atoms with E-state index in [1.54, 1.807) is 17.4 Å². The van der Waals surface area contributed by atoms with Crippen LogP contribution < -0.4 is 0 Å². The molecule has 0 unspecified atom stereocenters. The summed E-state index contributed by atoms with van der Waals surface area (Å²) in [6.07, 6.45) is 2.00. The minimum Gasteiger partial charge on any atom is -0.391 e. The van der Waals surface area contributed by atoms with E-state index in [1.807, 2.05) is 26.2 Å². The summed E-state index contributed by atoms with van der Waals surface area (Å²) in [6.45, 7) is 2.74. The van der Waals surface area contributed by atoms with Crippen LogP contribution in [0.3, 0.4) is 0 Å². The van der Waals surface area contributed by atoms with Crippen LogP contribution in [0.25, 0.3) is 0 Å². The van der Waals surface area contributed by atoms with E-state index in [2.05, 4.69) is 9.88 Å². The van der Waals surface area contributed by atoms with E-state index >= 15 is 0 Å². The number of benzene rings is 1. The summed E-state index contributed by atoms with van der Waals surface area (Å²) < 4.78 is 0. The molecule has 0 saturated heterocycles. The first-order valence-corrected chi connectivity index (χ1v) is 8.30. The van der Waals surface area contributed by atoms with E-state index in [1.165, 1.54) is 4.88 Å². The normalized spacial score (nSPS) is 21.0. The highest BCUT2D eigenvalue weighted by atomic mass is 35.5. The average Bonchev–Trinajstić information content (AvgIpc) is 2.92. The number of thiazole rings is 1. The molecule has 3 nitrogen and oxygen atoms in total. The fourth-order valence-corrected chi connectivity index (χ4v) is 4.43. The first-order valence-electron chi connectivity index (χ1n) is 6.73. The number of aliphatic hydroxyl groups is 1. The van der Waals surface area contributed by atoms with Gasteiger partial charge in [-0.2, -0.15) is 0 Å². The molecule has 0 radical (unpaired) electrons. The third-order valence-corrected chi connectivity index (χ3v) is 5.29. The topological polar surface area (TPSA) is 36.4 Å². The Kier molecular flexibility index (Phi) is 4.26. The van der Waals surface area contributed by atoms with Crippen molar-refractivity contribution < 1.29 is 5.11 Å². The van der Waals surface area contributed by atoms with Crippen molar-refractivity contribution in [3.8, 4) is 0 Å². The number of rotatable bonds is 3. The van der Waals surface area contributed by atoms with E-state index in [-0.39, 0.29) is 6.04 Å². The van der Waals surface area contributed by atoms with Crippen molar-refractivity contribution >= 4 is 34.5 Å². The number of hydrogen-bond donors (Lipinski definition) is 1. The number of fused-ring (bicyclic) bond motifs is 1. The molecule has 0 aliphatic heterocycles. The molecular formula is C15H16Cl2N2OS. The van der Waals surface area contributed by atoms with Gasteiger partial charge in [-0.1, -0.05) is 23.2 Å². The highest BCUT2D eigenvalue weighted by molar-refractivity contribution is 7.11. The molecule has 2 atom stereocenters. The number of aromatic nitrogens is 1. The van der Waals surface area contributed by atoms with Gasteiger partial charge < -0.3 is 5.11 Å². The monoisotopic (exact) mass is 342 g/mol. The largest absolute Gasteiger partial charge is 0.391 e. The average molecular weight is 343 g/mol. The lowest BCUT2D eigenvalue weighted by molar-refractivity contribution is 0.0730. The molecule has 0 fully saturated rings. The van der Waals surface area contributed by atoms with Crippen molar-refractivity contribution in [3.05, 3.63) is 49.4 Å². The molecule has 2 aromatic rings. The summed E-state index contributed by atoms with van der Waals surface area (Å²) in [6, 6.07) is 3.57. The molecule has 1 aliphatic rings. The van der Waals surface area contributed by atoms with Crippen molar-refractivity contribution in [3.63, 3.8) is 0 Å². The molecule has 6 heteroatoms. The maximum atomic E-state index is 10.4. The van der Waals surface area contributed by atoms with Gasteiger partial charge in [0, 0.05) is 34.1 Å². The molecule has 1 aromatic carbocycles. The summed E-state index contributed by atoms with van der Waals surface area (Å²) in [5, 5.41) is 12.7. The van der Waals surface area contributed by atoms with Gasteiger partial charge in [-0.25, -0.2) is 4.98 Å². The van der Waals surface area contributed by atoms with Crippen molar-refractivity contribution in [2.24, 2.45) is 0 Å². The number of hydrogen-bond acceptors (Lipinski definition) is 4. The van der Waals surface area contributed by atoms with Gasteiger partial charge in [0.1, 0.15) is 0 Å². The molecule has 0 amide bonds. The highest BCUT2D eigenvalue weighted by Crippen LogP contribution is 2.41. The van der Waals surface area contributed by atoms with Crippen molar-refractivity contribution in [1.29, 1.82) is 0 Å². The molecule has 1 N–H and O–H groups in total. The van der Waals surface area contributed by atoms with Crippen LogP contribution in [0.5, 0.6) is 0 Å². The van der Waals surface area contributed by atoms with Gasteiger partial charge in [0.15, 0.2) is 0 Å². The van der Waals surface area contributed by atoms with E-state index in [9.17, 15) is 5.11 Å². The van der Waals surface area contributed by atoms with Crippen molar-refractivity contribution in [2.75, 3.05) is 7.05 Å². The first kappa shape index (κ1) is 15.3. The van der Waals surface area contributed by atoms with Crippen LogP contribution in [0.2, 0.25) is 10.0 Å².